The van der Waals surface area contributed by atoms with E-state index < -0.39 is 0 Å². The molecule has 2 rings (SSSR count). The first-order valence-corrected chi connectivity index (χ1v) is 7.37. The molecule has 0 atom stereocenters. The van der Waals surface area contributed by atoms with E-state index in [0.717, 1.165) is 24.7 Å². The Labute approximate surface area is 115 Å². The third-order valence-corrected chi connectivity index (χ3v) is 3.91. The van der Waals surface area contributed by atoms with E-state index >= 15 is 0 Å². The molecule has 0 aliphatic carbocycles. The van der Waals surface area contributed by atoms with Crippen molar-refractivity contribution in [2.45, 2.75) is 38.6 Å². The van der Waals surface area contributed by atoms with Gasteiger partial charge in [0.2, 0.25) is 0 Å². The summed E-state index contributed by atoms with van der Waals surface area (Å²) >= 11 is 6.42. The Kier molecular flexibility index (Phi) is 5.33. The van der Waals surface area contributed by atoms with Gasteiger partial charge in [-0.25, -0.2) is 0 Å². The van der Waals surface area contributed by atoms with E-state index in [1.807, 2.05) is 19.2 Å². The van der Waals surface area contributed by atoms with E-state index in [4.69, 9.17) is 11.6 Å². The fourth-order valence-corrected chi connectivity index (χ4v) is 3.03. The zero-order valence-corrected chi connectivity index (χ0v) is 12.0. The maximum Gasteiger partial charge on any atom is 0.0642 e. The highest BCUT2D eigenvalue weighted by Crippen LogP contribution is 2.31. The lowest BCUT2D eigenvalue weighted by Crippen LogP contribution is -2.28. The molecule has 2 nitrogen and oxygen atoms in total. The van der Waals surface area contributed by atoms with Crippen molar-refractivity contribution in [2.24, 2.45) is 0 Å². The second kappa shape index (κ2) is 7.01. The van der Waals surface area contributed by atoms with Gasteiger partial charge in [0.25, 0.3) is 0 Å². The summed E-state index contributed by atoms with van der Waals surface area (Å²) < 4.78 is 0. The first kappa shape index (κ1) is 13.7. The van der Waals surface area contributed by atoms with Crippen LogP contribution in [-0.2, 0) is 6.54 Å². The Bertz CT molecular complexity index is 371. The van der Waals surface area contributed by atoms with Crippen LogP contribution in [0.1, 0.15) is 37.7 Å². The minimum Gasteiger partial charge on any atom is -0.370 e. The number of rotatable bonds is 3. The van der Waals surface area contributed by atoms with Gasteiger partial charge in [-0.2, -0.15) is 0 Å². The van der Waals surface area contributed by atoms with Crippen molar-refractivity contribution in [3.8, 4) is 0 Å². The molecule has 0 unspecified atom stereocenters. The van der Waals surface area contributed by atoms with Gasteiger partial charge in [0.1, 0.15) is 0 Å². The van der Waals surface area contributed by atoms with Gasteiger partial charge in [-0.3, -0.25) is 0 Å². The molecule has 100 valence electrons. The average molecular weight is 267 g/mol. The van der Waals surface area contributed by atoms with Crippen LogP contribution in [0, 0.1) is 0 Å². The van der Waals surface area contributed by atoms with Crippen LogP contribution in [-0.4, -0.2) is 20.1 Å². The van der Waals surface area contributed by atoms with Crippen molar-refractivity contribution in [3.05, 3.63) is 28.8 Å². The Morgan fingerprint density at radius 2 is 1.78 bits per heavy atom. The molecule has 0 aromatic heterocycles. The van der Waals surface area contributed by atoms with Gasteiger partial charge >= 0.3 is 0 Å². The molecular formula is C15H23ClN2. The first-order chi connectivity index (χ1) is 8.83. The summed E-state index contributed by atoms with van der Waals surface area (Å²) in [6.07, 6.45) is 6.65. The highest BCUT2D eigenvalue weighted by atomic mass is 35.5. The molecule has 1 aliphatic heterocycles. The van der Waals surface area contributed by atoms with E-state index in [-0.39, 0.29) is 0 Å². The van der Waals surface area contributed by atoms with Crippen LogP contribution in [0.3, 0.4) is 0 Å². The molecule has 0 radical (unpaired) electrons. The molecule has 1 N–H and O–H groups in total. The quantitative estimate of drug-likeness (QED) is 0.895. The Balaban J connectivity index is 2.23. The van der Waals surface area contributed by atoms with E-state index in [2.05, 4.69) is 16.3 Å². The Morgan fingerprint density at radius 3 is 2.44 bits per heavy atom. The smallest absolute Gasteiger partial charge is 0.0642 e. The summed E-state index contributed by atoms with van der Waals surface area (Å²) in [5.74, 6) is 0. The summed E-state index contributed by atoms with van der Waals surface area (Å²) in [6.45, 7) is 3.16. The molecular weight excluding hydrogens is 244 g/mol. The average Bonchev–Trinajstić information content (AvgIpc) is 2.31. The molecule has 0 spiro atoms. The van der Waals surface area contributed by atoms with Gasteiger partial charge in [0.15, 0.2) is 0 Å². The first-order valence-electron chi connectivity index (χ1n) is 7.00. The number of hydrogen-bond donors (Lipinski definition) is 1. The molecule has 1 aliphatic rings. The lowest BCUT2D eigenvalue weighted by molar-refractivity contribution is 0.555. The van der Waals surface area contributed by atoms with Gasteiger partial charge in [-0.15, -0.1) is 0 Å². The maximum absolute atomic E-state index is 6.42. The monoisotopic (exact) mass is 266 g/mol. The molecule has 1 fully saturated rings. The number of anilines is 1. The molecule has 1 heterocycles. The van der Waals surface area contributed by atoms with Crippen molar-refractivity contribution < 1.29 is 0 Å². The van der Waals surface area contributed by atoms with E-state index in [1.54, 1.807) is 0 Å². The van der Waals surface area contributed by atoms with Crippen molar-refractivity contribution >= 4 is 17.3 Å². The highest BCUT2D eigenvalue weighted by Gasteiger charge is 2.15. The largest absolute Gasteiger partial charge is 0.370 e. The Morgan fingerprint density at radius 1 is 1.11 bits per heavy atom. The highest BCUT2D eigenvalue weighted by molar-refractivity contribution is 6.33. The summed E-state index contributed by atoms with van der Waals surface area (Å²) in [7, 11) is 1.98. The molecule has 0 bridgehead atoms. The van der Waals surface area contributed by atoms with Crippen molar-refractivity contribution in [1.82, 2.24) is 5.32 Å². The number of hydrogen-bond acceptors (Lipinski definition) is 2. The van der Waals surface area contributed by atoms with Crippen molar-refractivity contribution in [1.29, 1.82) is 0 Å². The topological polar surface area (TPSA) is 15.3 Å². The summed E-state index contributed by atoms with van der Waals surface area (Å²) in [4.78, 5) is 2.48. The van der Waals surface area contributed by atoms with Gasteiger partial charge in [0.05, 0.1) is 10.7 Å². The molecule has 1 aromatic carbocycles. The van der Waals surface area contributed by atoms with Crippen LogP contribution in [0.2, 0.25) is 5.02 Å². The predicted octanol–water partition coefficient (Wildman–Crippen LogP) is 3.83. The lowest BCUT2D eigenvalue weighted by Gasteiger charge is -2.29. The zero-order chi connectivity index (χ0) is 12.8. The summed E-state index contributed by atoms with van der Waals surface area (Å²) in [5.41, 5.74) is 2.56. The van der Waals surface area contributed by atoms with Gasteiger partial charge < -0.3 is 10.2 Å². The van der Waals surface area contributed by atoms with Crippen LogP contribution >= 0.6 is 11.6 Å². The Hall–Kier alpha value is -0.730. The molecule has 18 heavy (non-hydrogen) atoms. The fraction of sp³-hybridized carbons (Fsp3) is 0.600. The van der Waals surface area contributed by atoms with E-state index in [0.29, 0.717) is 0 Å². The van der Waals surface area contributed by atoms with Gasteiger partial charge in [-0.05, 0) is 31.5 Å². The number of benzene rings is 1. The fourth-order valence-electron chi connectivity index (χ4n) is 2.72. The van der Waals surface area contributed by atoms with E-state index in [9.17, 15) is 0 Å². The molecule has 1 saturated heterocycles. The molecule has 0 amide bonds. The van der Waals surface area contributed by atoms with Gasteiger partial charge in [-0.1, -0.05) is 43.0 Å². The van der Waals surface area contributed by atoms with Crippen LogP contribution in [0.25, 0.3) is 0 Å². The molecule has 3 heteroatoms. The third kappa shape index (κ3) is 3.39. The second-order valence-corrected chi connectivity index (χ2v) is 5.44. The maximum atomic E-state index is 6.42. The lowest BCUT2D eigenvalue weighted by atomic mass is 10.1. The number of nitrogens with zero attached hydrogens (tertiary/aromatic N) is 1. The normalized spacial score (nSPS) is 17.3. The minimum atomic E-state index is 0.881. The predicted molar refractivity (Wildman–Crippen MR) is 79.5 cm³/mol. The van der Waals surface area contributed by atoms with Crippen LogP contribution in [0.5, 0.6) is 0 Å². The van der Waals surface area contributed by atoms with Crippen molar-refractivity contribution in [3.63, 3.8) is 0 Å². The van der Waals surface area contributed by atoms with E-state index in [1.165, 1.54) is 43.4 Å². The van der Waals surface area contributed by atoms with Crippen LogP contribution in [0.15, 0.2) is 18.2 Å². The minimum absolute atomic E-state index is 0.881. The van der Waals surface area contributed by atoms with Gasteiger partial charge in [0, 0.05) is 19.6 Å². The second-order valence-electron chi connectivity index (χ2n) is 5.03. The third-order valence-electron chi connectivity index (χ3n) is 3.61. The summed E-state index contributed by atoms with van der Waals surface area (Å²) in [6, 6.07) is 6.23. The standard InChI is InChI=1S/C15H23ClN2/c1-17-12-13-8-7-9-14(16)15(13)18-10-5-3-2-4-6-11-18/h7-9,17H,2-6,10-12H2,1H3. The van der Waals surface area contributed by atoms with Crippen LogP contribution < -0.4 is 10.2 Å². The summed E-state index contributed by atoms with van der Waals surface area (Å²) in [5, 5.41) is 4.13. The molecule has 0 saturated carbocycles. The van der Waals surface area contributed by atoms with Crippen molar-refractivity contribution in [2.75, 3.05) is 25.0 Å². The zero-order valence-electron chi connectivity index (χ0n) is 11.2. The number of nitrogens with one attached hydrogen (secondary N) is 1. The number of para-hydroxylation sites is 1. The SMILES string of the molecule is CNCc1cccc(Cl)c1N1CCCCCCC1. The molecule has 1 aromatic rings. The van der Waals surface area contributed by atoms with Crippen LogP contribution in [0.4, 0.5) is 5.69 Å². The number of halogens is 1.